The van der Waals surface area contributed by atoms with Gasteiger partial charge < -0.3 is 25.8 Å². The van der Waals surface area contributed by atoms with Gasteiger partial charge in [0.25, 0.3) is 0 Å². The number of fused-ring (bicyclic) bond motifs is 1. The van der Waals surface area contributed by atoms with Crippen LogP contribution in [0.2, 0.25) is 5.02 Å². The monoisotopic (exact) mass is 369 g/mol. The molecule has 4 N–H and O–H groups in total. The van der Waals surface area contributed by atoms with Crippen LogP contribution < -0.4 is 25.8 Å². The van der Waals surface area contributed by atoms with Crippen molar-refractivity contribution in [2.75, 3.05) is 23.2 Å². The average molecular weight is 370 g/mol. The van der Waals surface area contributed by atoms with Crippen LogP contribution in [0, 0.1) is 6.92 Å². The lowest BCUT2D eigenvalue weighted by Crippen LogP contribution is -2.05. The molecule has 1 aliphatic heterocycles. The second kappa shape index (κ2) is 6.61. The predicted octanol–water partition coefficient (Wildman–Crippen LogP) is 4.24. The SMILES string of the molecule is Cc1c(Cl)cccc1Nc1ncnc(Nc2ccc3c(c2)OCO3)c1N. The number of nitrogens with two attached hydrogens (primary N) is 1. The van der Waals surface area contributed by atoms with Gasteiger partial charge in [0.05, 0.1) is 0 Å². The highest BCUT2D eigenvalue weighted by Gasteiger charge is 2.15. The molecule has 2 aromatic carbocycles. The summed E-state index contributed by atoms with van der Waals surface area (Å²) >= 11 is 6.17. The summed E-state index contributed by atoms with van der Waals surface area (Å²) in [6.45, 7) is 2.15. The molecule has 2 heterocycles. The maximum atomic E-state index is 6.24. The number of hydrogen-bond donors (Lipinski definition) is 3. The molecule has 0 saturated carbocycles. The van der Waals surface area contributed by atoms with Gasteiger partial charge in [-0.05, 0) is 36.8 Å². The normalized spacial score (nSPS) is 12.1. The minimum Gasteiger partial charge on any atom is -0.454 e. The highest BCUT2D eigenvalue weighted by atomic mass is 35.5. The summed E-state index contributed by atoms with van der Waals surface area (Å²) < 4.78 is 10.7. The fourth-order valence-corrected chi connectivity index (χ4v) is 2.75. The number of rotatable bonds is 4. The van der Waals surface area contributed by atoms with E-state index in [-0.39, 0.29) is 6.79 Å². The van der Waals surface area contributed by atoms with E-state index in [0.717, 1.165) is 16.9 Å². The van der Waals surface area contributed by atoms with E-state index in [1.54, 1.807) is 0 Å². The molecule has 8 heteroatoms. The highest BCUT2D eigenvalue weighted by molar-refractivity contribution is 6.31. The van der Waals surface area contributed by atoms with Gasteiger partial charge in [0.15, 0.2) is 23.1 Å². The number of nitrogen functional groups attached to an aromatic ring is 1. The van der Waals surface area contributed by atoms with Crippen LogP contribution in [0.3, 0.4) is 0 Å². The van der Waals surface area contributed by atoms with E-state index in [1.807, 2.05) is 43.3 Å². The van der Waals surface area contributed by atoms with Crippen LogP contribution in [0.1, 0.15) is 5.56 Å². The van der Waals surface area contributed by atoms with Crippen molar-refractivity contribution < 1.29 is 9.47 Å². The first kappa shape index (κ1) is 16.3. The van der Waals surface area contributed by atoms with Crippen molar-refractivity contribution >= 4 is 40.3 Å². The lowest BCUT2D eigenvalue weighted by molar-refractivity contribution is 0.174. The number of nitrogens with one attached hydrogen (secondary N) is 2. The third-order valence-corrected chi connectivity index (χ3v) is 4.45. The molecule has 0 radical (unpaired) electrons. The van der Waals surface area contributed by atoms with Crippen molar-refractivity contribution in [3.05, 3.63) is 53.3 Å². The summed E-state index contributed by atoms with van der Waals surface area (Å²) in [4.78, 5) is 8.45. The number of nitrogens with zero attached hydrogens (tertiary/aromatic N) is 2. The summed E-state index contributed by atoms with van der Waals surface area (Å²) in [7, 11) is 0. The Labute approximate surface area is 155 Å². The molecule has 132 valence electrons. The molecule has 26 heavy (non-hydrogen) atoms. The molecule has 1 aromatic heterocycles. The van der Waals surface area contributed by atoms with E-state index < -0.39 is 0 Å². The van der Waals surface area contributed by atoms with E-state index in [4.69, 9.17) is 26.8 Å². The summed E-state index contributed by atoms with van der Waals surface area (Å²) in [5, 5.41) is 7.05. The van der Waals surface area contributed by atoms with Crippen molar-refractivity contribution in [3.8, 4) is 11.5 Å². The van der Waals surface area contributed by atoms with Crippen molar-refractivity contribution in [1.29, 1.82) is 0 Å². The second-order valence-corrected chi connectivity index (χ2v) is 6.12. The highest BCUT2D eigenvalue weighted by Crippen LogP contribution is 2.36. The Kier molecular flexibility index (Phi) is 4.14. The second-order valence-electron chi connectivity index (χ2n) is 5.71. The zero-order valence-electron chi connectivity index (χ0n) is 13.9. The minimum atomic E-state index is 0.224. The van der Waals surface area contributed by atoms with Crippen LogP contribution in [0.4, 0.5) is 28.7 Å². The molecule has 0 fully saturated rings. The van der Waals surface area contributed by atoms with E-state index in [0.29, 0.717) is 33.8 Å². The first-order chi connectivity index (χ1) is 12.6. The Morgan fingerprint density at radius 2 is 1.81 bits per heavy atom. The molecule has 4 rings (SSSR count). The van der Waals surface area contributed by atoms with Crippen LogP contribution in [0.15, 0.2) is 42.7 Å². The molecule has 0 unspecified atom stereocenters. The van der Waals surface area contributed by atoms with Gasteiger partial charge in [-0.1, -0.05) is 17.7 Å². The largest absolute Gasteiger partial charge is 0.454 e. The molecular weight excluding hydrogens is 354 g/mol. The summed E-state index contributed by atoms with van der Waals surface area (Å²) in [6.07, 6.45) is 1.44. The van der Waals surface area contributed by atoms with Crippen LogP contribution >= 0.6 is 11.6 Å². The molecule has 3 aromatic rings. The van der Waals surface area contributed by atoms with Gasteiger partial charge in [-0.25, -0.2) is 9.97 Å². The zero-order chi connectivity index (χ0) is 18.1. The van der Waals surface area contributed by atoms with Gasteiger partial charge in [-0.3, -0.25) is 0 Å². The van der Waals surface area contributed by atoms with E-state index >= 15 is 0 Å². The van der Waals surface area contributed by atoms with Gasteiger partial charge >= 0.3 is 0 Å². The molecule has 0 saturated heterocycles. The molecule has 1 aliphatic rings. The van der Waals surface area contributed by atoms with Crippen LogP contribution in [-0.2, 0) is 0 Å². The summed E-state index contributed by atoms with van der Waals surface area (Å²) in [5.74, 6) is 2.37. The molecule has 7 nitrogen and oxygen atoms in total. The van der Waals surface area contributed by atoms with Gasteiger partial charge in [-0.15, -0.1) is 0 Å². The number of benzene rings is 2. The van der Waals surface area contributed by atoms with Gasteiger partial charge in [0, 0.05) is 22.5 Å². The van der Waals surface area contributed by atoms with E-state index in [1.165, 1.54) is 6.33 Å². The molecular formula is C18H16ClN5O2. The molecule has 0 atom stereocenters. The molecule has 0 bridgehead atoms. The Balaban J connectivity index is 1.60. The van der Waals surface area contributed by atoms with E-state index in [2.05, 4.69) is 20.6 Å². The number of halogens is 1. The lowest BCUT2D eigenvalue weighted by Gasteiger charge is -2.14. The zero-order valence-corrected chi connectivity index (χ0v) is 14.7. The van der Waals surface area contributed by atoms with Crippen molar-refractivity contribution in [1.82, 2.24) is 9.97 Å². The average Bonchev–Trinajstić information content (AvgIpc) is 3.10. The van der Waals surface area contributed by atoms with Crippen molar-refractivity contribution in [3.63, 3.8) is 0 Å². The maximum Gasteiger partial charge on any atom is 0.231 e. The maximum absolute atomic E-state index is 6.24. The fourth-order valence-electron chi connectivity index (χ4n) is 2.58. The van der Waals surface area contributed by atoms with Crippen LogP contribution in [0.5, 0.6) is 11.5 Å². The minimum absolute atomic E-state index is 0.224. The summed E-state index contributed by atoms with van der Waals surface area (Å²) in [5.41, 5.74) is 9.16. The number of hydrogen-bond acceptors (Lipinski definition) is 7. The smallest absolute Gasteiger partial charge is 0.231 e. The van der Waals surface area contributed by atoms with Gasteiger partial charge in [0.2, 0.25) is 6.79 Å². The molecule has 0 amide bonds. The van der Waals surface area contributed by atoms with E-state index in [9.17, 15) is 0 Å². The van der Waals surface area contributed by atoms with Gasteiger partial charge in [-0.2, -0.15) is 0 Å². The fraction of sp³-hybridized carbons (Fsp3) is 0.111. The van der Waals surface area contributed by atoms with Crippen LogP contribution in [0.25, 0.3) is 0 Å². The lowest BCUT2D eigenvalue weighted by atomic mass is 10.2. The summed E-state index contributed by atoms with van der Waals surface area (Å²) in [6, 6.07) is 11.1. The molecule has 0 aliphatic carbocycles. The Morgan fingerprint density at radius 3 is 2.65 bits per heavy atom. The number of anilines is 5. The number of aromatic nitrogens is 2. The van der Waals surface area contributed by atoms with Gasteiger partial charge in [0.1, 0.15) is 12.0 Å². The topological polar surface area (TPSA) is 94.3 Å². The third kappa shape index (κ3) is 3.04. The van der Waals surface area contributed by atoms with Crippen molar-refractivity contribution in [2.45, 2.75) is 6.92 Å². The predicted molar refractivity (Wildman–Crippen MR) is 102 cm³/mol. The third-order valence-electron chi connectivity index (χ3n) is 4.04. The standard InChI is InChI=1S/C18H16ClN5O2/c1-10-12(19)3-2-4-13(10)24-18-16(20)17(21-8-22-18)23-11-5-6-14-15(7-11)26-9-25-14/h2-8H,9,20H2,1H3,(H2,21,22,23,24). The number of ether oxygens (including phenoxy) is 2. The first-order valence-corrected chi connectivity index (χ1v) is 8.29. The molecule has 0 spiro atoms. The quantitative estimate of drug-likeness (QED) is 0.633. The Hall–Kier alpha value is -3.19. The Morgan fingerprint density at radius 1 is 1.04 bits per heavy atom. The Bertz CT molecular complexity index is 980. The van der Waals surface area contributed by atoms with Crippen LogP contribution in [-0.4, -0.2) is 16.8 Å². The first-order valence-electron chi connectivity index (χ1n) is 7.91. The van der Waals surface area contributed by atoms with Crippen molar-refractivity contribution in [2.24, 2.45) is 0 Å².